The second kappa shape index (κ2) is 5.40. The summed E-state index contributed by atoms with van der Waals surface area (Å²) in [6, 6.07) is 1.57. The zero-order chi connectivity index (χ0) is 13.2. The number of nitrogens with one attached hydrogen (secondary N) is 1. The predicted octanol–water partition coefficient (Wildman–Crippen LogP) is 1.78. The summed E-state index contributed by atoms with van der Waals surface area (Å²) >= 11 is 5.97. The van der Waals surface area contributed by atoms with Crippen LogP contribution in [0.2, 0.25) is 5.02 Å². The Hall–Kier alpha value is -0.880. The Morgan fingerprint density at radius 1 is 1.56 bits per heavy atom. The van der Waals surface area contributed by atoms with Gasteiger partial charge in [-0.05, 0) is 32.3 Å². The first-order valence-corrected chi connectivity index (χ1v) is 6.45. The van der Waals surface area contributed by atoms with E-state index in [2.05, 4.69) is 10.4 Å². The zero-order valence-corrected chi connectivity index (χ0v) is 11.2. The number of anilines is 1. The fraction of sp³-hybridized carbons (Fsp3) is 0.583. The van der Waals surface area contributed by atoms with Crippen LogP contribution in [0, 0.1) is 0 Å². The van der Waals surface area contributed by atoms with Crippen LogP contribution in [0.5, 0.6) is 0 Å². The monoisotopic (exact) mass is 270 g/mol. The lowest BCUT2D eigenvalue weighted by molar-refractivity contribution is -0.0898. The molecule has 2 heterocycles. The van der Waals surface area contributed by atoms with Crippen LogP contribution in [-0.2, 0) is 4.74 Å². The van der Waals surface area contributed by atoms with E-state index in [0.717, 1.165) is 31.4 Å². The molecule has 1 saturated heterocycles. The van der Waals surface area contributed by atoms with E-state index in [-0.39, 0.29) is 11.6 Å². The van der Waals surface area contributed by atoms with E-state index in [1.807, 2.05) is 6.92 Å². The number of halogens is 1. The second-order valence-electron chi connectivity index (χ2n) is 4.85. The Kier molecular flexibility index (Phi) is 4.07. The van der Waals surface area contributed by atoms with Crippen molar-refractivity contribution in [3.05, 3.63) is 22.8 Å². The minimum atomic E-state index is -0.381. The van der Waals surface area contributed by atoms with Gasteiger partial charge in [0.1, 0.15) is 5.82 Å². The van der Waals surface area contributed by atoms with Crippen molar-refractivity contribution < 1.29 is 4.74 Å². The molecular formula is C12H19ClN4O. The average Bonchev–Trinajstić information content (AvgIpc) is 2.35. The molecule has 18 heavy (non-hydrogen) atoms. The Labute approximate surface area is 112 Å². The number of pyridine rings is 1. The molecule has 2 atom stereocenters. The second-order valence-corrected chi connectivity index (χ2v) is 5.28. The van der Waals surface area contributed by atoms with Gasteiger partial charge >= 0.3 is 0 Å². The maximum Gasteiger partial charge on any atom is 0.128 e. The number of hydrogen-bond acceptors (Lipinski definition) is 5. The molecule has 6 heteroatoms. The lowest BCUT2D eigenvalue weighted by Crippen LogP contribution is -2.48. The molecule has 5 N–H and O–H groups in total. The highest BCUT2D eigenvalue weighted by Crippen LogP contribution is 2.38. The fourth-order valence-corrected chi connectivity index (χ4v) is 2.64. The van der Waals surface area contributed by atoms with Gasteiger partial charge < -0.3 is 10.5 Å². The van der Waals surface area contributed by atoms with Gasteiger partial charge in [0.25, 0.3) is 0 Å². The minimum Gasteiger partial charge on any atom is -0.383 e. The van der Waals surface area contributed by atoms with E-state index >= 15 is 0 Å². The molecule has 1 aliphatic rings. The smallest absolute Gasteiger partial charge is 0.128 e. The maximum atomic E-state index is 5.97. The van der Waals surface area contributed by atoms with Crippen molar-refractivity contribution in [2.24, 2.45) is 5.84 Å². The molecule has 0 aromatic carbocycles. The van der Waals surface area contributed by atoms with Crippen LogP contribution in [0.4, 0.5) is 5.82 Å². The molecule has 0 amide bonds. The van der Waals surface area contributed by atoms with Gasteiger partial charge in [0, 0.05) is 18.4 Å². The molecule has 1 fully saturated rings. The maximum absolute atomic E-state index is 5.97. The molecule has 2 rings (SSSR count). The summed E-state index contributed by atoms with van der Waals surface area (Å²) in [7, 11) is 0. The summed E-state index contributed by atoms with van der Waals surface area (Å²) in [5.74, 6) is 6.11. The highest BCUT2D eigenvalue weighted by Gasteiger charge is 2.38. The van der Waals surface area contributed by atoms with E-state index in [1.54, 1.807) is 6.07 Å². The van der Waals surface area contributed by atoms with Crippen molar-refractivity contribution >= 4 is 17.4 Å². The average molecular weight is 271 g/mol. The summed E-state index contributed by atoms with van der Waals surface area (Å²) in [6.07, 6.45) is 4.64. The Morgan fingerprint density at radius 2 is 2.33 bits per heavy atom. The summed E-state index contributed by atoms with van der Waals surface area (Å²) in [6.45, 7) is 2.78. The third kappa shape index (κ3) is 2.59. The molecule has 0 spiro atoms. The quantitative estimate of drug-likeness (QED) is 0.576. The third-order valence-electron chi connectivity index (χ3n) is 3.50. The van der Waals surface area contributed by atoms with E-state index in [0.29, 0.717) is 10.8 Å². The first kappa shape index (κ1) is 13.5. The first-order valence-electron chi connectivity index (χ1n) is 6.08. The van der Waals surface area contributed by atoms with Crippen molar-refractivity contribution in [1.29, 1.82) is 0 Å². The lowest BCUT2D eigenvalue weighted by atomic mass is 9.84. The Bertz CT molecular complexity index is 421. The first-order chi connectivity index (χ1) is 8.57. The SMILES string of the molecule is CC1(C(NN)c2cc(Cl)cnc2N)CCCCO1. The molecule has 1 aliphatic heterocycles. The molecule has 1 aromatic heterocycles. The molecule has 5 nitrogen and oxygen atoms in total. The van der Waals surface area contributed by atoms with Gasteiger partial charge in [-0.2, -0.15) is 0 Å². The number of nitrogen functional groups attached to an aromatic ring is 1. The lowest BCUT2D eigenvalue weighted by Gasteiger charge is -2.40. The summed E-state index contributed by atoms with van der Waals surface area (Å²) in [4.78, 5) is 4.07. The largest absolute Gasteiger partial charge is 0.383 e. The third-order valence-corrected chi connectivity index (χ3v) is 3.71. The van der Waals surface area contributed by atoms with Crippen molar-refractivity contribution in [2.75, 3.05) is 12.3 Å². The highest BCUT2D eigenvalue weighted by atomic mass is 35.5. The van der Waals surface area contributed by atoms with E-state index in [9.17, 15) is 0 Å². The molecular weight excluding hydrogens is 252 g/mol. The minimum absolute atomic E-state index is 0.219. The van der Waals surface area contributed by atoms with Gasteiger partial charge in [-0.15, -0.1) is 0 Å². The molecule has 0 saturated carbocycles. The number of hydrogen-bond donors (Lipinski definition) is 3. The molecule has 0 aliphatic carbocycles. The molecule has 1 aromatic rings. The summed E-state index contributed by atoms with van der Waals surface area (Å²) in [5.41, 5.74) is 9.11. The van der Waals surface area contributed by atoms with Crippen LogP contribution >= 0.6 is 11.6 Å². The van der Waals surface area contributed by atoms with E-state index < -0.39 is 0 Å². The number of ether oxygens (including phenoxy) is 1. The van der Waals surface area contributed by atoms with Crippen molar-refractivity contribution in [3.8, 4) is 0 Å². The van der Waals surface area contributed by atoms with Crippen molar-refractivity contribution in [3.63, 3.8) is 0 Å². The van der Waals surface area contributed by atoms with Crippen LogP contribution < -0.4 is 17.0 Å². The van der Waals surface area contributed by atoms with Crippen LogP contribution in [0.3, 0.4) is 0 Å². The van der Waals surface area contributed by atoms with Crippen LogP contribution in [0.1, 0.15) is 37.8 Å². The van der Waals surface area contributed by atoms with Crippen LogP contribution in [0.25, 0.3) is 0 Å². The molecule has 0 radical (unpaired) electrons. The Morgan fingerprint density at radius 3 is 2.94 bits per heavy atom. The topological polar surface area (TPSA) is 86.2 Å². The summed E-state index contributed by atoms with van der Waals surface area (Å²) < 4.78 is 5.90. The zero-order valence-electron chi connectivity index (χ0n) is 10.4. The fourth-order valence-electron chi connectivity index (χ4n) is 2.47. The van der Waals surface area contributed by atoms with Crippen LogP contribution in [0.15, 0.2) is 12.3 Å². The van der Waals surface area contributed by atoms with Gasteiger partial charge in [0.05, 0.1) is 16.7 Å². The van der Waals surface area contributed by atoms with Gasteiger partial charge in [0.15, 0.2) is 0 Å². The number of hydrazine groups is 1. The van der Waals surface area contributed by atoms with Crippen molar-refractivity contribution in [1.82, 2.24) is 10.4 Å². The molecule has 2 unspecified atom stereocenters. The van der Waals surface area contributed by atoms with E-state index in [1.165, 1.54) is 6.20 Å². The van der Waals surface area contributed by atoms with Gasteiger partial charge in [-0.25, -0.2) is 10.4 Å². The van der Waals surface area contributed by atoms with Crippen LogP contribution in [-0.4, -0.2) is 17.2 Å². The van der Waals surface area contributed by atoms with Gasteiger partial charge in [-0.1, -0.05) is 11.6 Å². The number of rotatable bonds is 3. The van der Waals surface area contributed by atoms with Gasteiger partial charge in [-0.3, -0.25) is 5.84 Å². The Balaban J connectivity index is 2.35. The number of nitrogens with two attached hydrogens (primary N) is 2. The molecule has 0 bridgehead atoms. The predicted molar refractivity (Wildman–Crippen MR) is 71.9 cm³/mol. The standard InChI is InChI=1S/C12H19ClN4O/c1-12(4-2-3-5-18-12)10(17-15)9-6-8(13)7-16-11(9)14/h6-7,10,17H,2-5,15H2,1H3,(H2,14,16). The van der Waals surface area contributed by atoms with Gasteiger partial charge in [0.2, 0.25) is 0 Å². The molecule has 100 valence electrons. The highest BCUT2D eigenvalue weighted by molar-refractivity contribution is 6.30. The van der Waals surface area contributed by atoms with Crippen molar-refractivity contribution in [2.45, 2.75) is 37.8 Å². The van der Waals surface area contributed by atoms with E-state index in [4.69, 9.17) is 27.9 Å². The number of nitrogens with zero attached hydrogens (tertiary/aromatic N) is 1. The normalized spacial score (nSPS) is 25.9. The summed E-state index contributed by atoms with van der Waals surface area (Å²) in [5, 5.41) is 0.541. The number of aromatic nitrogens is 1.